The highest BCUT2D eigenvalue weighted by Crippen LogP contribution is 2.23. The first-order valence-electron chi connectivity index (χ1n) is 4.95. The summed E-state index contributed by atoms with van der Waals surface area (Å²) in [5.74, 6) is 0.630. The highest BCUT2D eigenvalue weighted by Gasteiger charge is 2.08. The molecule has 0 saturated heterocycles. The first-order chi connectivity index (χ1) is 7.61. The fourth-order valence-corrected chi connectivity index (χ4v) is 2.22. The molecule has 1 aromatic heterocycles. The predicted molar refractivity (Wildman–Crippen MR) is 68.8 cm³/mol. The van der Waals surface area contributed by atoms with Gasteiger partial charge in [0.25, 0.3) is 0 Å². The molecular formula is C13H11BrO2. The van der Waals surface area contributed by atoms with Crippen LogP contribution in [-0.4, -0.2) is 0 Å². The monoisotopic (exact) mass is 278 g/mol. The lowest BCUT2D eigenvalue weighted by Crippen LogP contribution is -2.02. The number of hydrogen-bond acceptors (Lipinski definition) is 2. The van der Waals surface area contributed by atoms with Gasteiger partial charge in [0, 0.05) is 16.1 Å². The van der Waals surface area contributed by atoms with Crippen LogP contribution in [0, 0.1) is 6.92 Å². The van der Waals surface area contributed by atoms with Gasteiger partial charge in [0.1, 0.15) is 11.3 Å². The van der Waals surface area contributed by atoms with Gasteiger partial charge in [-0.1, -0.05) is 22.0 Å². The van der Waals surface area contributed by atoms with E-state index in [4.69, 9.17) is 4.42 Å². The Labute approximate surface area is 102 Å². The minimum atomic E-state index is -0.00892. The number of fused-ring (bicyclic) bond motifs is 1. The van der Waals surface area contributed by atoms with Crippen LogP contribution in [0.1, 0.15) is 11.3 Å². The Bertz CT molecular complexity index is 611. The highest BCUT2D eigenvalue weighted by atomic mass is 79.9. The Morgan fingerprint density at radius 3 is 2.88 bits per heavy atom. The van der Waals surface area contributed by atoms with Crippen LogP contribution >= 0.6 is 15.9 Å². The number of hydrogen-bond donors (Lipinski definition) is 0. The van der Waals surface area contributed by atoms with E-state index in [1.807, 2.05) is 6.07 Å². The molecule has 0 spiro atoms. The number of aryl methyl sites for hydroxylation is 1. The van der Waals surface area contributed by atoms with Gasteiger partial charge in [-0.15, -0.1) is 6.58 Å². The van der Waals surface area contributed by atoms with Gasteiger partial charge in [0.15, 0.2) is 5.43 Å². The van der Waals surface area contributed by atoms with E-state index in [-0.39, 0.29) is 5.43 Å². The van der Waals surface area contributed by atoms with E-state index in [0.717, 1.165) is 10.0 Å². The molecule has 2 nitrogen and oxygen atoms in total. The minimum absolute atomic E-state index is 0.00892. The third-order valence-electron chi connectivity index (χ3n) is 2.36. The van der Waals surface area contributed by atoms with Gasteiger partial charge in [-0.2, -0.15) is 0 Å². The predicted octanol–water partition coefficient (Wildman–Crippen LogP) is 3.59. The highest BCUT2D eigenvalue weighted by molar-refractivity contribution is 9.10. The second-order valence-corrected chi connectivity index (χ2v) is 4.57. The van der Waals surface area contributed by atoms with Gasteiger partial charge in [-0.05, 0) is 25.5 Å². The van der Waals surface area contributed by atoms with Crippen LogP contribution in [0.5, 0.6) is 0 Å². The molecule has 16 heavy (non-hydrogen) atoms. The molecule has 0 unspecified atom stereocenters. The molecule has 0 fully saturated rings. The van der Waals surface area contributed by atoms with Crippen molar-refractivity contribution >= 4 is 26.9 Å². The molecule has 0 aliphatic rings. The first-order valence-corrected chi connectivity index (χ1v) is 5.75. The number of rotatable bonds is 2. The van der Waals surface area contributed by atoms with Crippen molar-refractivity contribution in [2.45, 2.75) is 13.3 Å². The third-order valence-corrected chi connectivity index (χ3v) is 2.82. The van der Waals surface area contributed by atoms with Gasteiger partial charge in [-0.25, -0.2) is 0 Å². The molecule has 0 saturated carbocycles. The second kappa shape index (κ2) is 4.26. The molecule has 0 radical (unpaired) electrons. The number of halogens is 1. The summed E-state index contributed by atoms with van der Waals surface area (Å²) in [6, 6.07) is 5.24. The largest absolute Gasteiger partial charge is 0.461 e. The Balaban J connectivity index is 2.89. The molecule has 0 bridgehead atoms. The number of benzene rings is 1. The van der Waals surface area contributed by atoms with Gasteiger partial charge >= 0.3 is 0 Å². The van der Waals surface area contributed by atoms with E-state index < -0.39 is 0 Å². The Morgan fingerprint density at radius 2 is 2.19 bits per heavy atom. The molecule has 2 aromatic rings. The van der Waals surface area contributed by atoms with Crippen molar-refractivity contribution in [3.8, 4) is 0 Å². The van der Waals surface area contributed by atoms with E-state index in [1.54, 1.807) is 19.1 Å². The molecule has 2 rings (SSSR count). The molecule has 82 valence electrons. The van der Waals surface area contributed by atoms with Crippen molar-refractivity contribution in [2.75, 3.05) is 0 Å². The maximum atomic E-state index is 11.8. The fraction of sp³-hybridized carbons (Fsp3) is 0.154. The third kappa shape index (κ3) is 1.95. The van der Waals surface area contributed by atoms with Crippen LogP contribution in [0.15, 0.2) is 44.5 Å². The smallest absolute Gasteiger partial charge is 0.192 e. The summed E-state index contributed by atoms with van der Waals surface area (Å²) in [6.45, 7) is 5.48. The van der Waals surface area contributed by atoms with Gasteiger partial charge < -0.3 is 4.42 Å². The van der Waals surface area contributed by atoms with Crippen molar-refractivity contribution in [3.63, 3.8) is 0 Å². The standard InChI is InChI=1S/C13H11BrO2/c1-3-4-9-6-10(14)7-11-12(15)5-8(2)16-13(9)11/h3,5-7H,1,4H2,2H3. The van der Waals surface area contributed by atoms with Crippen LogP contribution in [0.25, 0.3) is 11.0 Å². The first kappa shape index (κ1) is 11.1. The maximum Gasteiger partial charge on any atom is 0.192 e. The SMILES string of the molecule is C=CCc1cc(Br)cc2c(=O)cc(C)oc12. The molecule has 1 aromatic carbocycles. The summed E-state index contributed by atoms with van der Waals surface area (Å²) in [6.07, 6.45) is 2.48. The van der Waals surface area contributed by atoms with E-state index >= 15 is 0 Å². The van der Waals surface area contributed by atoms with Gasteiger partial charge in [-0.3, -0.25) is 4.79 Å². The van der Waals surface area contributed by atoms with Crippen LogP contribution in [-0.2, 0) is 6.42 Å². The summed E-state index contributed by atoms with van der Waals surface area (Å²) in [4.78, 5) is 11.8. The molecule has 0 amide bonds. The quantitative estimate of drug-likeness (QED) is 0.786. The zero-order chi connectivity index (χ0) is 11.7. The Morgan fingerprint density at radius 1 is 1.44 bits per heavy atom. The van der Waals surface area contributed by atoms with Gasteiger partial charge in [0.2, 0.25) is 0 Å². The minimum Gasteiger partial charge on any atom is -0.461 e. The fourth-order valence-electron chi connectivity index (χ4n) is 1.71. The maximum absolute atomic E-state index is 11.8. The molecule has 3 heteroatoms. The average molecular weight is 279 g/mol. The lowest BCUT2D eigenvalue weighted by Gasteiger charge is -2.05. The summed E-state index contributed by atoms with van der Waals surface area (Å²) in [5, 5.41) is 0.608. The topological polar surface area (TPSA) is 30.2 Å². The molecular weight excluding hydrogens is 268 g/mol. The number of allylic oxidation sites excluding steroid dienone is 1. The van der Waals surface area contributed by atoms with Crippen molar-refractivity contribution in [1.29, 1.82) is 0 Å². The Hall–Kier alpha value is -1.35. The zero-order valence-corrected chi connectivity index (χ0v) is 10.5. The van der Waals surface area contributed by atoms with E-state index in [0.29, 0.717) is 23.2 Å². The summed E-state index contributed by atoms with van der Waals surface area (Å²) in [5.41, 5.74) is 1.62. The van der Waals surface area contributed by atoms with Crippen LogP contribution in [0.4, 0.5) is 0 Å². The summed E-state index contributed by atoms with van der Waals surface area (Å²) in [7, 11) is 0. The lowest BCUT2D eigenvalue weighted by molar-refractivity contribution is 0.561. The second-order valence-electron chi connectivity index (χ2n) is 3.66. The van der Waals surface area contributed by atoms with Crippen LogP contribution < -0.4 is 5.43 Å². The normalized spacial score (nSPS) is 10.6. The van der Waals surface area contributed by atoms with Crippen LogP contribution in [0.3, 0.4) is 0 Å². The van der Waals surface area contributed by atoms with E-state index in [2.05, 4.69) is 22.5 Å². The molecule has 0 aliphatic heterocycles. The van der Waals surface area contributed by atoms with Gasteiger partial charge in [0.05, 0.1) is 5.39 Å². The Kier molecular flexibility index (Phi) is 2.97. The zero-order valence-electron chi connectivity index (χ0n) is 8.92. The van der Waals surface area contributed by atoms with Crippen molar-refractivity contribution in [2.24, 2.45) is 0 Å². The van der Waals surface area contributed by atoms with Crippen molar-refractivity contribution in [3.05, 3.63) is 56.9 Å². The molecule has 1 heterocycles. The molecule has 0 N–H and O–H groups in total. The van der Waals surface area contributed by atoms with E-state index in [9.17, 15) is 4.79 Å². The van der Waals surface area contributed by atoms with Crippen LogP contribution in [0.2, 0.25) is 0 Å². The van der Waals surface area contributed by atoms with Crippen molar-refractivity contribution < 1.29 is 4.42 Å². The average Bonchev–Trinajstić information content (AvgIpc) is 2.20. The molecule has 0 aliphatic carbocycles. The van der Waals surface area contributed by atoms with Crippen molar-refractivity contribution in [1.82, 2.24) is 0 Å². The lowest BCUT2D eigenvalue weighted by atomic mass is 10.1. The molecule has 0 atom stereocenters. The summed E-state index contributed by atoms with van der Waals surface area (Å²) < 4.78 is 6.49. The summed E-state index contributed by atoms with van der Waals surface area (Å²) >= 11 is 3.39. The van der Waals surface area contributed by atoms with E-state index in [1.165, 1.54) is 6.07 Å².